The third-order valence-electron chi connectivity index (χ3n) is 5.25. The maximum absolute atomic E-state index is 13.4. The summed E-state index contributed by atoms with van der Waals surface area (Å²) in [7, 11) is 0. The second-order valence-electron chi connectivity index (χ2n) is 7.52. The zero-order chi connectivity index (χ0) is 25.3. The number of fused-ring (bicyclic) bond motifs is 1. The highest BCUT2D eigenvalue weighted by atomic mass is 35.5. The third-order valence-corrected chi connectivity index (χ3v) is 6.39. The molecule has 3 aromatic rings. The largest absolute Gasteiger partial charge is 0.416 e. The van der Waals surface area contributed by atoms with Crippen molar-refractivity contribution < 1.29 is 22.8 Å². The van der Waals surface area contributed by atoms with Crippen LogP contribution in [0.5, 0.6) is 0 Å². The summed E-state index contributed by atoms with van der Waals surface area (Å²) in [5, 5.41) is 4.41. The van der Waals surface area contributed by atoms with Gasteiger partial charge < -0.3 is 11.2 Å². The predicted molar refractivity (Wildman–Crippen MR) is 128 cm³/mol. The van der Waals surface area contributed by atoms with Gasteiger partial charge in [-0.25, -0.2) is 0 Å². The number of carbonyl (C=O) groups is 2. The predicted octanol–water partition coefficient (Wildman–Crippen LogP) is 4.06. The van der Waals surface area contributed by atoms with E-state index in [1.807, 2.05) is 0 Å². The molecule has 1 aliphatic heterocycles. The van der Waals surface area contributed by atoms with E-state index in [-0.39, 0.29) is 28.6 Å². The molecule has 35 heavy (non-hydrogen) atoms. The molecule has 1 fully saturated rings. The van der Waals surface area contributed by atoms with Crippen molar-refractivity contribution in [1.29, 1.82) is 0 Å². The van der Waals surface area contributed by atoms with E-state index in [1.165, 1.54) is 29.2 Å². The fraction of sp³-hybridized carbons (Fsp3) is 0.136. The number of thioether (sulfide) groups is 1. The molecule has 0 bridgehead atoms. The lowest BCUT2D eigenvalue weighted by atomic mass is 10.1. The minimum Gasteiger partial charge on any atom is -0.403 e. The number of rotatable bonds is 6. The first-order valence-electron chi connectivity index (χ1n) is 10.0. The normalized spacial score (nSPS) is 16.1. The van der Waals surface area contributed by atoms with Crippen molar-refractivity contribution in [2.24, 2.45) is 11.6 Å². The van der Waals surface area contributed by atoms with Gasteiger partial charge in [0, 0.05) is 16.6 Å². The summed E-state index contributed by atoms with van der Waals surface area (Å²) in [6.07, 6.45) is -0.308. The maximum Gasteiger partial charge on any atom is 0.416 e. The first kappa shape index (κ1) is 24.6. The number of benzene rings is 2. The lowest BCUT2D eigenvalue weighted by Crippen LogP contribution is -2.36. The molecule has 5 N–H and O–H groups in total. The Morgan fingerprint density at radius 3 is 2.66 bits per heavy atom. The number of nitrogens with one attached hydrogen (secondary N) is 1. The molecule has 1 aliphatic rings. The first-order valence-corrected chi connectivity index (χ1v) is 11.2. The van der Waals surface area contributed by atoms with Gasteiger partial charge in [0.2, 0.25) is 0 Å². The van der Waals surface area contributed by atoms with Crippen LogP contribution >= 0.6 is 23.4 Å². The number of aromatic nitrogens is 2. The van der Waals surface area contributed by atoms with E-state index in [2.05, 4.69) is 10.5 Å². The number of hydrazine groups is 1. The van der Waals surface area contributed by atoms with Crippen LogP contribution in [-0.2, 0) is 17.5 Å². The lowest BCUT2D eigenvalue weighted by Gasteiger charge is -2.14. The number of hydrogen-bond acceptors (Lipinski definition) is 7. The standard InChI is InChI=1S/C22H18ClF3N6O2S/c23-15-3-2-13(17(7-15)22(24,25)26)10-32-18-4-1-12(5-14(18)9-29-32)6-19-20(33)31(21(34)35-19)11-16(8-27)30-28/h1-9,30H,10-11,27-28H2/b16-8-,19-6-. The van der Waals surface area contributed by atoms with Gasteiger partial charge in [-0.05, 0) is 53.2 Å². The van der Waals surface area contributed by atoms with Crippen molar-refractivity contribution in [3.63, 3.8) is 0 Å². The number of imide groups is 1. The molecule has 4 rings (SSSR count). The van der Waals surface area contributed by atoms with Gasteiger partial charge in [-0.3, -0.25) is 25.0 Å². The molecule has 0 radical (unpaired) electrons. The Bertz CT molecular complexity index is 1390. The van der Waals surface area contributed by atoms with Crippen molar-refractivity contribution >= 4 is 51.5 Å². The Morgan fingerprint density at radius 1 is 1.20 bits per heavy atom. The van der Waals surface area contributed by atoms with E-state index in [1.54, 1.807) is 24.3 Å². The van der Waals surface area contributed by atoms with Gasteiger partial charge in [-0.2, -0.15) is 18.3 Å². The van der Waals surface area contributed by atoms with E-state index in [9.17, 15) is 22.8 Å². The van der Waals surface area contributed by atoms with Gasteiger partial charge in [0.05, 0.1) is 41.0 Å². The number of hydrogen-bond donors (Lipinski definition) is 3. The number of halogens is 4. The summed E-state index contributed by atoms with van der Waals surface area (Å²) < 4.78 is 41.8. The fourth-order valence-corrected chi connectivity index (χ4v) is 4.55. The summed E-state index contributed by atoms with van der Waals surface area (Å²) >= 11 is 6.54. The van der Waals surface area contributed by atoms with Gasteiger partial charge in [-0.15, -0.1) is 0 Å². The summed E-state index contributed by atoms with van der Waals surface area (Å²) in [5.74, 6) is 4.82. The van der Waals surface area contributed by atoms with Crippen LogP contribution < -0.4 is 17.0 Å². The molecule has 0 aliphatic carbocycles. The third kappa shape index (κ3) is 5.14. The van der Waals surface area contributed by atoms with Gasteiger partial charge in [0.25, 0.3) is 11.1 Å². The van der Waals surface area contributed by atoms with Crippen molar-refractivity contribution in [2.45, 2.75) is 12.7 Å². The van der Waals surface area contributed by atoms with Crippen LogP contribution in [0.25, 0.3) is 17.0 Å². The number of nitrogens with zero attached hydrogens (tertiary/aromatic N) is 3. The molecule has 1 aromatic heterocycles. The Hall–Kier alpha value is -3.48. The molecule has 2 amide bonds. The lowest BCUT2D eigenvalue weighted by molar-refractivity contribution is -0.138. The average molecular weight is 523 g/mol. The van der Waals surface area contributed by atoms with Crippen LogP contribution in [0.3, 0.4) is 0 Å². The molecule has 1 saturated heterocycles. The van der Waals surface area contributed by atoms with E-state index in [4.69, 9.17) is 23.2 Å². The Kier molecular flexibility index (Phi) is 6.79. The van der Waals surface area contributed by atoms with Crippen molar-refractivity contribution in [1.82, 2.24) is 20.1 Å². The highest BCUT2D eigenvalue weighted by Gasteiger charge is 2.35. The molecule has 0 saturated carbocycles. The highest BCUT2D eigenvalue weighted by molar-refractivity contribution is 8.18. The van der Waals surface area contributed by atoms with E-state index in [0.29, 0.717) is 22.2 Å². The van der Waals surface area contributed by atoms with Gasteiger partial charge in [0.1, 0.15) is 0 Å². The molecule has 0 spiro atoms. The highest BCUT2D eigenvalue weighted by Crippen LogP contribution is 2.35. The van der Waals surface area contributed by atoms with Crippen LogP contribution in [0.4, 0.5) is 18.0 Å². The molecular formula is C22H18ClF3N6O2S. The molecule has 2 aromatic carbocycles. The summed E-state index contributed by atoms with van der Waals surface area (Å²) in [6, 6.07) is 8.73. The molecule has 0 atom stereocenters. The number of nitrogens with two attached hydrogens (primary N) is 2. The van der Waals surface area contributed by atoms with Crippen LogP contribution in [0.2, 0.25) is 5.02 Å². The topological polar surface area (TPSA) is 119 Å². The monoisotopic (exact) mass is 522 g/mol. The average Bonchev–Trinajstić information content (AvgIpc) is 3.32. The molecule has 13 heteroatoms. The van der Waals surface area contributed by atoms with Crippen LogP contribution in [-0.4, -0.2) is 32.4 Å². The van der Waals surface area contributed by atoms with Gasteiger partial charge >= 0.3 is 6.18 Å². The van der Waals surface area contributed by atoms with Crippen molar-refractivity contribution in [3.8, 4) is 0 Å². The van der Waals surface area contributed by atoms with Crippen molar-refractivity contribution in [3.05, 3.63) is 81.1 Å². The quantitative estimate of drug-likeness (QED) is 0.254. The van der Waals surface area contributed by atoms with Crippen molar-refractivity contribution in [2.75, 3.05) is 6.54 Å². The summed E-state index contributed by atoms with van der Waals surface area (Å²) in [6.45, 7) is -0.203. The van der Waals surface area contributed by atoms with Gasteiger partial charge in [-0.1, -0.05) is 23.7 Å². The Morgan fingerprint density at radius 2 is 1.97 bits per heavy atom. The molecule has 2 heterocycles. The minimum atomic E-state index is -4.56. The zero-order valence-corrected chi connectivity index (χ0v) is 19.4. The second-order valence-corrected chi connectivity index (χ2v) is 8.95. The number of alkyl halides is 3. The van der Waals surface area contributed by atoms with E-state index < -0.39 is 22.9 Å². The van der Waals surface area contributed by atoms with Crippen LogP contribution in [0.1, 0.15) is 16.7 Å². The van der Waals surface area contributed by atoms with E-state index >= 15 is 0 Å². The fourth-order valence-electron chi connectivity index (χ4n) is 3.54. The molecule has 182 valence electrons. The Labute approximate surface area is 206 Å². The smallest absolute Gasteiger partial charge is 0.403 e. The molecule has 8 nitrogen and oxygen atoms in total. The van der Waals surface area contributed by atoms with Crippen LogP contribution in [0.15, 0.2) is 59.4 Å². The number of amides is 2. The van der Waals surface area contributed by atoms with Crippen LogP contribution in [0, 0.1) is 0 Å². The summed E-state index contributed by atoms with van der Waals surface area (Å²) in [4.78, 5) is 26.1. The minimum absolute atomic E-state index is 0.00461. The number of carbonyl (C=O) groups excluding carboxylic acids is 2. The zero-order valence-electron chi connectivity index (χ0n) is 17.8. The Balaban J connectivity index is 1.59. The van der Waals surface area contributed by atoms with E-state index in [0.717, 1.165) is 22.7 Å². The molecule has 0 unspecified atom stereocenters. The van der Waals surface area contributed by atoms with Gasteiger partial charge in [0.15, 0.2) is 0 Å². The maximum atomic E-state index is 13.4. The summed E-state index contributed by atoms with van der Waals surface area (Å²) in [5.41, 5.74) is 8.46. The SMILES string of the molecule is N/C=C(/CN1C(=O)S/C(=C\c2ccc3c(cnn3Cc3ccc(Cl)cc3C(F)(F)F)c2)C1=O)NN. The second kappa shape index (κ2) is 9.64. The first-order chi connectivity index (χ1) is 16.6. The molecular weight excluding hydrogens is 505 g/mol.